The first kappa shape index (κ1) is 11.0. The van der Waals surface area contributed by atoms with Crippen molar-refractivity contribution < 1.29 is 4.74 Å². The summed E-state index contributed by atoms with van der Waals surface area (Å²) in [6.45, 7) is 10.0. The van der Waals surface area contributed by atoms with Crippen LogP contribution in [0.2, 0.25) is 0 Å². The zero-order valence-corrected chi connectivity index (χ0v) is 9.25. The maximum Gasteiger partial charge on any atom is 0.0702 e. The number of rotatable bonds is 4. The lowest BCUT2D eigenvalue weighted by Gasteiger charge is -2.35. The van der Waals surface area contributed by atoms with Crippen LogP contribution in [0.25, 0.3) is 0 Å². The van der Waals surface area contributed by atoms with Gasteiger partial charge in [0.05, 0.1) is 6.10 Å². The van der Waals surface area contributed by atoms with E-state index < -0.39 is 0 Å². The van der Waals surface area contributed by atoms with Crippen molar-refractivity contribution in [3.63, 3.8) is 0 Å². The Labute approximate surface area is 82.3 Å². The van der Waals surface area contributed by atoms with Gasteiger partial charge in [-0.15, -0.1) is 0 Å². The first-order valence-corrected chi connectivity index (χ1v) is 5.59. The van der Waals surface area contributed by atoms with Crippen molar-refractivity contribution in [2.75, 3.05) is 19.7 Å². The Kier molecular flexibility index (Phi) is 4.74. The molecule has 1 atom stereocenters. The van der Waals surface area contributed by atoms with Crippen LogP contribution in [0.3, 0.4) is 0 Å². The highest BCUT2D eigenvalue weighted by molar-refractivity contribution is 4.75. The van der Waals surface area contributed by atoms with Crippen molar-refractivity contribution in [2.24, 2.45) is 0 Å². The molecule has 2 heteroatoms. The van der Waals surface area contributed by atoms with E-state index in [-0.39, 0.29) is 0 Å². The van der Waals surface area contributed by atoms with Crippen molar-refractivity contribution in [1.82, 2.24) is 4.90 Å². The van der Waals surface area contributed by atoms with E-state index in [1.54, 1.807) is 0 Å². The molecule has 1 aliphatic rings. The van der Waals surface area contributed by atoms with E-state index in [4.69, 9.17) is 4.74 Å². The van der Waals surface area contributed by atoms with Crippen LogP contribution in [0, 0.1) is 0 Å². The lowest BCUT2D eigenvalue weighted by atomic mass is 10.1. The molecule has 1 unspecified atom stereocenters. The van der Waals surface area contributed by atoms with E-state index >= 15 is 0 Å². The third kappa shape index (κ3) is 3.65. The second kappa shape index (κ2) is 5.61. The lowest BCUT2D eigenvalue weighted by Crippen LogP contribution is -2.43. The Morgan fingerprint density at radius 1 is 1.46 bits per heavy atom. The molecule has 1 aliphatic heterocycles. The second-order valence-corrected chi connectivity index (χ2v) is 4.22. The van der Waals surface area contributed by atoms with Crippen LogP contribution in [0.1, 0.15) is 40.0 Å². The monoisotopic (exact) mass is 185 g/mol. The highest BCUT2D eigenvalue weighted by atomic mass is 16.5. The van der Waals surface area contributed by atoms with Gasteiger partial charge in [0.15, 0.2) is 0 Å². The van der Waals surface area contributed by atoms with Gasteiger partial charge in [0.25, 0.3) is 0 Å². The smallest absolute Gasteiger partial charge is 0.0702 e. The van der Waals surface area contributed by atoms with Crippen molar-refractivity contribution in [3.8, 4) is 0 Å². The first-order chi connectivity index (χ1) is 6.24. The molecule has 1 fully saturated rings. The minimum atomic E-state index is 0.496. The van der Waals surface area contributed by atoms with Gasteiger partial charge in [-0.25, -0.2) is 0 Å². The molecule has 0 saturated carbocycles. The molecule has 1 heterocycles. The van der Waals surface area contributed by atoms with Crippen LogP contribution < -0.4 is 0 Å². The third-order valence-electron chi connectivity index (χ3n) is 2.70. The van der Waals surface area contributed by atoms with E-state index in [2.05, 4.69) is 25.7 Å². The van der Waals surface area contributed by atoms with E-state index in [9.17, 15) is 0 Å². The Morgan fingerprint density at radius 3 is 2.85 bits per heavy atom. The topological polar surface area (TPSA) is 12.5 Å². The fourth-order valence-electron chi connectivity index (χ4n) is 1.86. The van der Waals surface area contributed by atoms with Crippen LogP contribution in [0.5, 0.6) is 0 Å². The van der Waals surface area contributed by atoms with Crippen molar-refractivity contribution in [2.45, 2.75) is 52.2 Å². The average molecular weight is 185 g/mol. The van der Waals surface area contributed by atoms with Gasteiger partial charge in [-0.3, -0.25) is 4.90 Å². The molecule has 2 nitrogen and oxygen atoms in total. The van der Waals surface area contributed by atoms with Crippen molar-refractivity contribution >= 4 is 0 Å². The van der Waals surface area contributed by atoms with Gasteiger partial charge < -0.3 is 4.74 Å². The highest BCUT2D eigenvalue weighted by Crippen LogP contribution is 2.15. The summed E-state index contributed by atoms with van der Waals surface area (Å²) in [5, 5.41) is 0. The summed E-state index contributed by atoms with van der Waals surface area (Å²) in [4.78, 5) is 2.52. The summed E-state index contributed by atoms with van der Waals surface area (Å²) < 4.78 is 5.77. The second-order valence-electron chi connectivity index (χ2n) is 4.22. The van der Waals surface area contributed by atoms with E-state index in [0.717, 1.165) is 19.6 Å². The quantitative estimate of drug-likeness (QED) is 0.666. The maximum atomic E-state index is 5.77. The molecule has 1 rings (SSSR count). The minimum absolute atomic E-state index is 0.496. The SMILES string of the molecule is CCCOC1CCCN(C(C)C)C1. The van der Waals surface area contributed by atoms with Crippen LogP contribution in [-0.2, 0) is 4.74 Å². The molecule has 0 N–H and O–H groups in total. The maximum absolute atomic E-state index is 5.77. The van der Waals surface area contributed by atoms with Gasteiger partial charge in [-0.2, -0.15) is 0 Å². The molecule has 0 aromatic heterocycles. The molecule has 0 aromatic carbocycles. The predicted octanol–water partition coefficient (Wildman–Crippen LogP) is 2.29. The molecule has 0 aliphatic carbocycles. The Morgan fingerprint density at radius 2 is 2.23 bits per heavy atom. The minimum Gasteiger partial charge on any atom is -0.377 e. The van der Waals surface area contributed by atoms with Gasteiger partial charge in [0.2, 0.25) is 0 Å². The first-order valence-electron chi connectivity index (χ1n) is 5.59. The number of hydrogen-bond donors (Lipinski definition) is 0. The molecule has 0 aromatic rings. The number of nitrogens with zero attached hydrogens (tertiary/aromatic N) is 1. The van der Waals surface area contributed by atoms with Gasteiger partial charge in [0.1, 0.15) is 0 Å². The van der Waals surface area contributed by atoms with E-state index in [0.29, 0.717) is 12.1 Å². The summed E-state index contributed by atoms with van der Waals surface area (Å²) >= 11 is 0. The highest BCUT2D eigenvalue weighted by Gasteiger charge is 2.21. The molecule has 13 heavy (non-hydrogen) atoms. The molecule has 0 radical (unpaired) electrons. The van der Waals surface area contributed by atoms with E-state index in [1.807, 2.05) is 0 Å². The molecule has 78 valence electrons. The fourth-order valence-corrected chi connectivity index (χ4v) is 1.86. The van der Waals surface area contributed by atoms with Gasteiger partial charge in [0, 0.05) is 19.2 Å². The van der Waals surface area contributed by atoms with Crippen LogP contribution >= 0.6 is 0 Å². The lowest BCUT2D eigenvalue weighted by molar-refractivity contribution is -0.00826. The fraction of sp³-hybridized carbons (Fsp3) is 1.00. The molecular weight excluding hydrogens is 162 g/mol. The number of ether oxygens (including phenoxy) is 1. The summed E-state index contributed by atoms with van der Waals surface area (Å²) in [5.74, 6) is 0. The predicted molar refractivity (Wildman–Crippen MR) is 56.0 cm³/mol. The Hall–Kier alpha value is -0.0800. The van der Waals surface area contributed by atoms with E-state index in [1.165, 1.54) is 19.4 Å². The largest absolute Gasteiger partial charge is 0.377 e. The third-order valence-corrected chi connectivity index (χ3v) is 2.70. The molecule has 0 spiro atoms. The Bertz CT molecular complexity index is 136. The number of piperidine rings is 1. The molecular formula is C11H23NO. The zero-order chi connectivity index (χ0) is 9.68. The Balaban J connectivity index is 2.25. The standard InChI is InChI=1S/C11H23NO/c1-4-8-13-11-6-5-7-12(9-11)10(2)3/h10-11H,4-9H2,1-3H3. The van der Waals surface area contributed by atoms with Crippen molar-refractivity contribution in [3.05, 3.63) is 0 Å². The van der Waals surface area contributed by atoms with Crippen LogP contribution in [0.15, 0.2) is 0 Å². The van der Waals surface area contributed by atoms with Gasteiger partial charge in [-0.1, -0.05) is 6.92 Å². The van der Waals surface area contributed by atoms with Gasteiger partial charge >= 0.3 is 0 Å². The molecule has 0 bridgehead atoms. The normalized spacial score (nSPS) is 25.4. The average Bonchev–Trinajstić information content (AvgIpc) is 2.15. The number of likely N-dealkylation sites (tertiary alicyclic amines) is 1. The summed E-state index contributed by atoms with van der Waals surface area (Å²) in [6, 6.07) is 0.674. The van der Waals surface area contributed by atoms with Crippen LogP contribution in [-0.4, -0.2) is 36.7 Å². The summed E-state index contributed by atoms with van der Waals surface area (Å²) in [6.07, 6.45) is 4.18. The zero-order valence-electron chi connectivity index (χ0n) is 9.25. The molecule has 0 amide bonds. The van der Waals surface area contributed by atoms with Crippen molar-refractivity contribution in [1.29, 1.82) is 0 Å². The molecule has 1 saturated heterocycles. The summed E-state index contributed by atoms with van der Waals surface area (Å²) in [5.41, 5.74) is 0. The number of hydrogen-bond acceptors (Lipinski definition) is 2. The van der Waals surface area contributed by atoms with Crippen LogP contribution in [0.4, 0.5) is 0 Å². The summed E-state index contributed by atoms with van der Waals surface area (Å²) in [7, 11) is 0. The van der Waals surface area contributed by atoms with Gasteiger partial charge in [-0.05, 0) is 39.7 Å².